The quantitative estimate of drug-likeness (QED) is 0.748. The molecule has 0 aliphatic heterocycles. The van der Waals surface area contributed by atoms with Gasteiger partial charge in [-0.05, 0) is 37.1 Å². The first-order chi connectivity index (χ1) is 8.35. The molecule has 1 aromatic rings. The number of sulfone groups is 1. The highest BCUT2D eigenvalue weighted by molar-refractivity contribution is 7.91. The van der Waals surface area contributed by atoms with Gasteiger partial charge in [0.2, 0.25) is 0 Å². The van der Waals surface area contributed by atoms with Crippen LogP contribution >= 0.6 is 0 Å². The first-order valence-corrected chi connectivity index (χ1v) is 7.67. The highest BCUT2D eigenvalue weighted by Gasteiger charge is 2.12. The van der Waals surface area contributed by atoms with E-state index in [2.05, 4.69) is 0 Å². The largest absolute Gasteiger partial charge is 0.294 e. The lowest BCUT2D eigenvalue weighted by Gasteiger charge is -2.05. The summed E-state index contributed by atoms with van der Waals surface area (Å²) in [5, 5.41) is 0. The molecule has 0 N–H and O–H groups in total. The number of rotatable bonds is 6. The molecule has 0 unspecified atom stereocenters. The van der Waals surface area contributed by atoms with E-state index in [9.17, 15) is 17.6 Å². The summed E-state index contributed by atoms with van der Waals surface area (Å²) in [5.41, 5.74) is 1.05. The highest BCUT2D eigenvalue weighted by atomic mass is 32.2. The van der Waals surface area contributed by atoms with E-state index in [1.807, 2.05) is 0 Å². The van der Waals surface area contributed by atoms with E-state index in [-0.39, 0.29) is 29.5 Å². The van der Waals surface area contributed by atoms with E-state index >= 15 is 0 Å². The lowest BCUT2D eigenvalue weighted by Crippen LogP contribution is -2.11. The number of aryl methyl sites for hydroxylation is 1. The van der Waals surface area contributed by atoms with E-state index in [0.29, 0.717) is 17.5 Å². The number of Topliss-reactive ketones (excluding diaryl/α,β-unsaturated/α-hetero) is 1. The Morgan fingerprint density at radius 1 is 1.33 bits per heavy atom. The maximum Gasteiger partial charge on any atom is 0.163 e. The molecule has 18 heavy (non-hydrogen) atoms. The molecule has 0 spiro atoms. The topological polar surface area (TPSA) is 51.2 Å². The number of halogens is 1. The maximum atomic E-state index is 12.9. The molecule has 1 rings (SSSR count). The Morgan fingerprint density at radius 3 is 2.56 bits per heavy atom. The van der Waals surface area contributed by atoms with Gasteiger partial charge in [-0.2, -0.15) is 0 Å². The first-order valence-electron chi connectivity index (χ1n) is 5.85. The van der Waals surface area contributed by atoms with Gasteiger partial charge in [0.15, 0.2) is 5.78 Å². The van der Waals surface area contributed by atoms with Crippen molar-refractivity contribution in [2.24, 2.45) is 0 Å². The van der Waals surface area contributed by atoms with E-state index < -0.39 is 9.84 Å². The summed E-state index contributed by atoms with van der Waals surface area (Å²) in [6.07, 6.45) is 0.484. The SMILES string of the molecule is CCS(=O)(=O)CCCC(=O)c1ccc(F)cc1C. The number of carbonyl (C=O) groups excluding carboxylic acids is 1. The minimum absolute atomic E-state index is 0.0233. The third-order valence-electron chi connectivity index (χ3n) is 2.79. The number of carbonyl (C=O) groups is 1. The minimum Gasteiger partial charge on any atom is -0.294 e. The molecule has 0 aliphatic carbocycles. The zero-order valence-electron chi connectivity index (χ0n) is 10.6. The molecule has 0 fully saturated rings. The molecule has 100 valence electrons. The van der Waals surface area contributed by atoms with Gasteiger partial charge >= 0.3 is 0 Å². The predicted molar refractivity (Wildman–Crippen MR) is 69.0 cm³/mol. The molecule has 0 heterocycles. The van der Waals surface area contributed by atoms with Crippen molar-refractivity contribution in [1.29, 1.82) is 0 Å². The van der Waals surface area contributed by atoms with Crippen molar-refractivity contribution in [3.63, 3.8) is 0 Å². The Labute approximate surface area is 107 Å². The number of hydrogen-bond donors (Lipinski definition) is 0. The second kappa shape index (κ2) is 6.09. The van der Waals surface area contributed by atoms with E-state index in [4.69, 9.17) is 0 Å². The molecular formula is C13H17FO3S. The molecule has 3 nitrogen and oxygen atoms in total. The Kier molecular flexibility index (Phi) is 5.02. The summed E-state index contributed by atoms with van der Waals surface area (Å²) in [6, 6.07) is 3.99. The summed E-state index contributed by atoms with van der Waals surface area (Å²) in [7, 11) is -3.03. The van der Waals surface area contributed by atoms with Crippen LogP contribution in [-0.4, -0.2) is 25.7 Å². The molecule has 0 aliphatic rings. The van der Waals surface area contributed by atoms with E-state index in [1.165, 1.54) is 18.2 Å². The molecule has 0 saturated heterocycles. The fourth-order valence-electron chi connectivity index (χ4n) is 1.67. The van der Waals surface area contributed by atoms with Crippen LogP contribution in [0, 0.1) is 12.7 Å². The zero-order chi connectivity index (χ0) is 13.8. The molecular weight excluding hydrogens is 255 g/mol. The Balaban J connectivity index is 2.61. The van der Waals surface area contributed by atoms with Crippen LogP contribution in [0.5, 0.6) is 0 Å². The second-order valence-corrected chi connectivity index (χ2v) is 6.70. The molecule has 5 heteroatoms. The van der Waals surface area contributed by atoms with Crippen LogP contribution in [0.2, 0.25) is 0 Å². The molecule has 0 amide bonds. The van der Waals surface area contributed by atoms with Gasteiger partial charge in [-0.25, -0.2) is 12.8 Å². The van der Waals surface area contributed by atoms with Gasteiger partial charge in [0, 0.05) is 17.7 Å². The van der Waals surface area contributed by atoms with Crippen molar-refractivity contribution in [2.75, 3.05) is 11.5 Å². The van der Waals surface area contributed by atoms with Crippen LogP contribution in [0.4, 0.5) is 4.39 Å². The third-order valence-corrected chi connectivity index (χ3v) is 4.58. The molecule has 0 radical (unpaired) electrons. The van der Waals surface area contributed by atoms with Crippen LogP contribution < -0.4 is 0 Å². The van der Waals surface area contributed by atoms with Gasteiger partial charge in [-0.15, -0.1) is 0 Å². The summed E-state index contributed by atoms with van der Waals surface area (Å²) in [4.78, 5) is 11.8. The maximum absolute atomic E-state index is 12.9. The highest BCUT2D eigenvalue weighted by Crippen LogP contribution is 2.13. The molecule has 0 atom stereocenters. The van der Waals surface area contributed by atoms with E-state index in [1.54, 1.807) is 13.8 Å². The van der Waals surface area contributed by atoms with Crippen LogP contribution in [0.3, 0.4) is 0 Å². The van der Waals surface area contributed by atoms with Crippen molar-refractivity contribution in [1.82, 2.24) is 0 Å². The Hall–Kier alpha value is -1.23. The lowest BCUT2D eigenvalue weighted by atomic mass is 10.0. The van der Waals surface area contributed by atoms with Gasteiger partial charge in [-0.1, -0.05) is 6.92 Å². The van der Waals surface area contributed by atoms with Crippen molar-refractivity contribution in [3.8, 4) is 0 Å². The lowest BCUT2D eigenvalue weighted by molar-refractivity contribution is 0.0981. The first kappa shape index (κ1) is 14.8. The van der Waals surface area contributed by atoms with Gasteiger partial charge in [0.05, 0.1) is 5.75 Å². The van der Waals surface area contributed by atoms with Crippen LogP contribution in [0.25, 0.3) is 0 Å². The normalized spacial score (nSPS) is 11.5. The molecule has 0 aromatic heterocycles. The van der Waals surface area contributed by atoms with Crippen molar-refractivity contribution in [2.45, 2.75) is 26.7 Å². The van der Waals surface area contributed by atoms with Crippen molar-refractivity contribution < 1.29 is 17.6 Å². The monoisotopic (exact) mass is 272 g/mol. The molecule has 0 bridgehead atoms. The predicted octanol–water partition coefficient (Wildman–Crippen LogP) is 2.53. The second-order valence-electron chi connectivity index (χ2n) is 4.22. The third kappa shape index (κ3) is 4.22. The Morgan fingerprint density at radius 2 is 2.00 bits per heavy atom. The fourth-order valence-corrected chi connectivity index (χ4v) is 2.54. The summed E-state index contributed by atoms with van der Waals surface area (Å²) in [6.45, 7) is 3.25. The average molecular weight is 272 g/mol. The summed E-state index contributed by atoms with van der Waals surface area (Å²) < 4.78 is 35.4. The number of hydrogen-bond acceptors (Lipinski definition) is 3. The van der Waals surface area contributed by atoms with Crippen molar-refractivity contribution in [3.05, 3.63) is 35.1 Å². The molecule has 0 saturated carbocycles. The number of ketones is 1. The average Bonchev–Trinajstić information content (AvgIpc) is 2.28. The van der Waals surface area contributed by atoms with Crippen LogP contribution in [0.15, 0.2) is 18.2 Å². The van der Waals surface area contributed by atoms with E-state index in [0.717, 1.165) is 0 Å². The summed E-state index contributed by atoms with van der Waals surface area (Å²) in [5.74, 6) is -0.400. The minimum atomic E-state index is -3.03. The summed E-state index contributed by atoms with van der Waals surface area (Å²) >= 11 is 0. The number of benzene rings is 1. The van der Waals surface area contributed by atoms with Crippen molar-refractivity contribution >= 4 is 15.6 Å². The van der Waals surface area contributed by atoms with Crippen LogP contribution in [0.1, 0.15) is 35.7 Å². The van der Waals surface area contributed by atoms with Gasteiger partial charge in [0.1, 0.15) is 15.7 Å². The Bertz CT molecular complexity index is 535. The standard InChI is InChI=1S/C13H17FO3S/c1-3-18(16,17)8-4-5-13(15)12-7-6-11(14)9-10(12)2/h6-7,9H,3-5,8H2,1-2H3. The smallest absolute Gasteiger partial charge is 0.163 e. The van der Waals surface area contributed by atoms with Crippen LogP contribution in [-0.2, 0) is 9.84 Å². The molecule has 1 aromatic carbocycles. The zero-order valence-corrected chi connectivity index (χ0v) is 11.4. The van der Waals surface area contributed by atoms with Gasteiger partial charge < -0.3 is 0 Å². The van der Waals surface area contributed by atoms with Gasteiger partial charge in [-0.3, -0.25) is 4.79 Å². The fraction of sp³-hybridized carbons (Fsp3) is 0.462. The van der Waals surface area contributed by atoms with Gasteiger partial charge in [0.25, 0.3) is 0 Å².